The van der Waals surface area contributed by atoms with Crippen LogP contribution in [0.2, 0.25) is 0 Å². The molecule has 1 amide bonds. The Morgan fingerprint density at radius 2 is 1.86 bits per heavy atom. The van der Waals surface area contributed by atoms with Crippen LogP contribution in [0.3, 0.4) is 0 Å². The average molecular weight is 395 g/mol. The molecule has 0 aromatic carbocycles. The standard InChI is InChI=1S/C20H24F3N3O2/c21-20(22,23)15-9-14-12-26(8-5-18(14)24-11-15)19(28)13-1-2-16(10-13)25-6-3-17(27)4-7-25/h9,11,13,16H,1-8,10,12H2/t13-,16?/m0/s1. The maximum absolute atomic E-state index is 13.0. The molecule has 0 N–H and O–H groups in total. The lowest BCUT2D eigenvalue weighted by molar-refractivity contribution is -0.138. The predicted molar refractivity (Wildman–Crippen MR) is 95.3 cm³/mol. The van der Waals surface area contributed by atoms with Crippen molar-refractivity contribution in [3.63, 3.8) is 0 Å². The molecule has 0 spiro atoms. The SMILES string of the molecule is O=C1CCN(C2CC[C@H](C(=O)N3CCc4ncc(C(F)(F)F)cc4C3)C2)CC1. The van der Waals surface area contributed by atoms with Crippen LogP contribution in [0.4, 0.5) is 13.2 Å². The monoisotopic (exact) mass is 395 g/mol. The first kappa shape index (κ1) is 19.4. The van der Waals surface area contributed by atoms with E-state index in [2.05, 4.69) is 9.88 Å². The van der Waals surface area contributed by atoms with Crippen molar-refractivity contribution in [3.05, 3.63) is 29.1 Å². The first-order chi connectivity index (χ1) is 13.3. The third-order valence-electron chi connectivity index (χ3n) is 6.30. The van der Waals surface area contributed by atoms with E-state index in [4.69, 9.17) is 0 Å². The second kappa shape index (κ2) is 7.46. The third-order valence-corrected chi connectivity index (χ3v) is 6.30. The topological polar surface area (TPSA) is 53.5 Å². The fourth-order valence-electron chi connectivity index (χ4n) is 4.68. The highest BCUT2D eigenvalue weighted by molar-refractivity contribution is 5.80. The minimum absolute atomic E-state index is 0.0404. The minimum Gasteiger partial charge on any atom is -0.338 e. The highest BCUT2D eigenvalue weighted by Gasteiger charge is 2.38. The lowest BCUT2D eigenvalue weighted by Gasteiger charge is -2.33. The highest BCUT2D eigenvalue weighted by Crippen LogP contribution is 2.34. The summed E-state index contributed by atoms with van der Waals surface area (Å²) in [6.07, 6.45) is 0.636. The number of halogens is 3. The van der Waals surface area contributed by atoms with Crippen LogP contribution in [-0.4, -0.2) is 52.2 Å². The normalized spacial score (nSPS) is 26.4. The molecule has 1 aliphatic carbocycles. The molecule has 1 aromatic heterocycles. The van der Waals surface area contributed by atoms with Gasteiger partial charge in [0, 0.05) is 69.3 Å². The summed E-state index contributed by atoms with van der Waals surface area (Å²) in [6.45, 7) is 2.24. The Hall–Kier alpha value is -1.96. The predicted octanol–water partition coefficient (Wildman–Crippen LogP) is 2.82. The van der Waals surface area contributed by atoms with Crippen molar-refractivity contribution in [3.8, 4) is 0 Å². The van der Waals surface area contributed by atoms with Gasteiger partial charge in [0.05, 0.1) is 5.56 Å². The number of amides is 1. The zero-order valence-corrected chi connectivity index (χ0v) is 15.7. The number of pyridine rings is 1. The van der Waals surface area contributed by atoms with E-state index in [-0.39, 0.29) is 18.4 Å². The number of Topliss-reactive ketones (excluding diaryl/α,β-unsaturated/α-hetero) is 1. The number of carbonyl (C=O) groups excluding carboxylic acids is 2. The van der Waals surface area contributed by atoms with Gasteiger partial charge in [-0.15, -0.1) is 0 Å². The van der Waals surface area contributed by atoms with Crippen LogP contribution in [0, 0.1) is 5.92 Å². The van der Waals surface area contributed by atoms with Crippen molar-refractivity contribution in [2.45, 2.75) is 57.3 Å². The van der Waals surface area contributed by atoms with Gasteiger partial charge in [-0.05, 0) is 30.9 Å². The maximum Gasteiger partial charge on any atom is 0.417 e. The number of ketones is 1. The molecule has 4 rings (SSSR count). The molecule has 1 saturated heterocycles. The van der Waals surface area contributed by atoms with Gasteiger partial charge in [0.25, 0.3) is 0 Å². The molecule has 5 nitrogen and oxygen atoms in total. The molecule has 3 aliphatic rings. The molecule has 28 heavy (non-hydrogen) atoms. The molecule has 0 radical (unpaired) electrons. The van der Waals surface area contributed by atoms with Gasteiger partial charge in [-0.2, -0.15) is 13.2 Å². The number of hydrogen-bond acceptors (Lipinski definition) is 4. The van der Waals surface area contributed by atoms with Gasteiger partial charge >= 0.3 is 6.18 Å². The number of rotatable bonds is 2. The van der Waals surface area contributed by atoms with Crippen LogP contribution in [0.5, 0.6) is 0 Å². The van der Waals surface area contributed by atoms with Gasteiger partial charge in [0.15, 0.2) is 0 Å². The third kappa shape index (κ3) is 3.92. The Morgan fingerprint density at radius 1 is 1.11 bits per heavy atom. The second-order valence-electron chi connectivity index (χ2n) is 8.08. The van der Waals surface area contributed by atoms with Crippen LogP contribution in [0.1, 0.15) is 48.9 Å². The zero-order chi connectivity index (χ0) is 19.9. The Balaban J connectivity index is 1.39. The first-order valence-corrected chi connectivity index (χ1v) is 9.91. The fourth-order valence-corrected chi connectivity index (χ4v) is 4.68. The molecule has 1 saturated carbocycles. The number of carbonyl (C=O) groups is 2. The molecule has 2 atom stereocenters. The van der Waals surface area contributed by atoms with Gasteiger partial charge in [-0.1, -0.05) is 0 Å². The summed E-state index contributed by atoms with van der Waals surface area (Å²) in [4.78, 5) is 32.4. The fraction of sp³-hybridized carbons (Fsp3) is 0.650. The van der Waals surface area contributed by atoms with Gasteiger partial charge in [-0.3, -0.25) is 19.5 Å². The van der Waals surface area contributed by atoms with Crippen molar-refractivity contribution in [1.29, 1.82) is 0 Å². The van der Waals surface area contributed by atoms with Crippen LogP contribution < -0.4 is 0 Å². The van der Waals surface area contributed by atoms with Crippen LogP contribution >= 0.6 is 0 Å². The van der Waals surface area contributed by atoms with E-state index >= 15 is 0 Å². The second-order valence-corrected chi connectivity index (χ2v) is 8.08. The van der Waals surface area contributed by atoms with E-state index in [1.165, 1.54) is 0 Å². The van der Waals surface area contributed by atoms with E-state index < -0.39 is 11.7 Å². The quantitative estimate of drug-likeness (QED) is 0.773. The zero-order valence-electron chi connectivity index (χ0n) is 15.7. The molecule has 8 heteroatoms. The molecule has 1 aromatic rings. The highest BCUT2D eigenvalue weighted by atomic mass is 19.4. The van der Waals surface area contributed by atoms with Gasteiger partial charge in [0.1, 0.15) is 5.78 Å². The smallest absolute Gasteiger partial charge is 0.338 e. The van der Waals surface area contributed by atoms with Crippen molar-refractivity contribution >= 4 is 11.7 Å². The van der Waals surface area contributed by atoms with Crippen molar-refractivity contribution < 1.29 is 22.8 Å². The Kier molecular flexibility index (Phi) is 5.16. The molecular formula is C20H24F3N3O2. The Labute approximate surface area is 161 Å². The van der Waals surface area contributed by atoms with Crippen LogP contribution in [0.15, 0.2) is 12.3 Å². The average Bonchev–Trinajstić information content (AvgIpc) is 3.16. The summed E-state index contributed by atoms with van der Waals surface area (Å²) in [5, 5.41) is 0. The molecule has 0 bridgehead atoms. The molecule has 3 heterocycles. The maximum atomic E-state index is 13.0. The van der Waals surface area contributed by atoms with E-state index in [9.17, 15) is 22.8 Å². The molecule has 2 fully saturated rings. The number of fused-ring (bicyclic) bond motifs is 1. The summed E-state index contributed by atoms with van der Waals surface area (Å²) in [5.74, 6) is 0.266. The number of nitrogens with zero attached hydrogens (tertiary/aromatic N) is 3. The van der Waals surface area contributed by atoms with Crippen molar-refractivity contribution in [2.75, 3.05) is 19.6 Å². The molecule has 152 valence electrons. The molecule has 1 unspecified atom stereocenters. The number of piperidine rings is 1. The first-order valence-electron chi connectivity index (χ1n) is 9.91. The van der Waals surface area contributed by atoms with Gasteiger partial charge < -0.3 is 4.90 Å². The molecular weight excluding hydrogens is 371 g/mol. The summed E-state index contributed by atoms with van der Waals surface area (Å²) in [7, 11) is 0. The lowest BCUT2D eigenvalue weighted by atomic mass is 10.00. The van der Waals surface area contributed by atoms with Crippen LogP contribution in [-0.2, 0) is 28.7 Å². The van der Waals surface area contributed by atoms with Crippen molar-refractivity contribution in [1.82, 2.24) is 14.8 Å². The van der Waals surface area contributed by atoms with E-state index in [0.29, 0.717) is 48.9 Å². The number of likely N-dealkylation sites (tertiary alicyclic amines) is 1. The van der Waals surface area contributed by atoms with Gasteiger partial charge in [0.2, 0.25) is 5.91 Å². The van der Waals surface area contributed by atoms with Gasteiger partial charge in [-0.25, -0.2) is 0 Å². The van der Waals surface area contributed by atoms with Crippen LogP contribution in [0.25, 0.3) is 0 Å². The van der Waals surface area contributed by atoms with E-state index in [1.54, 1.807) is 4.90 Å². The Morgan fingerprint density at radius 3 is 2.57 bits per heavy atom. The number of hydrogen-bond donors (Lipinski definition) is 0. The van der Waals surface area contributed by atoms with E-state index in [1.807, 2.05) is 0 Å². The summed E-state index contributed by atoms with van der Waals surface area (Å²) < 4.78 is 38.9. The number of alkyl halides is 3. The number of aromatic nitrogens is 1. The largest absolute Gasteiger partial charge is 0.417 e. The summed E-state index contributed by atoms with van der Waals surface area (Å²) in [5.41, 5.74) is 0.388. The lowest BCUT2D eigenvalue weighted by Crippen LogP contribution is -2.42. The summed E-state index contributed by atoms with van der Waals surface area (Å²) >= 11 is 0. The van der Waals surface area contributed by atoms with Crippen molar-refractivity contribution in [2.24, 2.45) is 5.92 Å². The Bertz CT molecular complexity index is 770. The summed E-state index contributed by atoms with van der Waals surface area (Å²) in [6, 6.07) is 1.46. The minimum atomic E-state index is -4.43. The molecule has 2 aliphatic heterocycles. The van der Waals surface area contributed by atoms with E-state index in [0.717, 1.165) is 44.6 Å².